The number of aromatic nitrogens is 3. The van der Waals surface area contributed by atoms with Crippen LogP contribution in [0.15, 0.2) is 59.7 Å². The van der Waals surface area contributed by atoms with E-state index in [4.69, 9.17) is 16.6 Å². The molecule has 3 heterocycles. The summed E-state index contributed by atoms with van der Waals surface area (Å²) in [6.45, 7) is 5.75. The maximum atomic E-state index is 12.7. The second kappa shape index (κ2) is 10.0. The maximum absolute atomic E-state index is 12.7. The molecule has 1 aromatic carbocycles. The molecule has 0 spiro atoms. The van der Waals surface area contributed by atoms with Gasteiger partial charge in [-0.15, -0.1) is 24.8 Å². The number of benzene rings is 1. The number of nitrogens with zero attached hydrogens (tertiary/aromatic N) is 4. The van der Waals surface area contributed by atoms with Crippen molar-refractivity contribution in [2.24, 2.45) is 7.05 Å². The molecule has 0 saturated carbocycles. The molecule has 0 aliphatic carbocycles. The highest BCUT2D eigenvalue weighted by Crippen LogP contribution is 2.28. The topological polar surface area (TPSA) is 63.1 Å². The first-order valence-electron chi connectivity index (χ1n) is 9.59. The predicted octanol–water partition coefficient (Wildman–Crippen LogP) is 4.27. The third kappa shape index (κ3) is 5.57. The third-order valence-electron chi connectivity index (χ3n) is 5.20. The highest BCUT2D eigenvalue weighted by atomic mass is 35.5. The molecule has 2 aromatic heterocycles. The van der Waals surface area contributed by atoms with Crippen molar-refractivity contribution in [2.45, 2.75) is 25.4 Å². The first-order valence-corrected chi connectivity index (χ1v) is 9.97. The smallest absolute Gasteiger partial charge is 0.255 e. The molecule has 31 heavy (non-hydrogen) atoms. The molecule has 1 saturated heterocycles. The fraction of sp³-hybridized carbons (Fsp3) is 0.318. The van der Waals surface area contributed by atoms with Gasteiger partial charge in [0.15, 0.2) is 0 Å². The summed E-state index contributed by atoms with van der Waals surface area (Å²) in [5.74, 6) is 0.665. The van der Waals surface area contributed by atoms with E-state index in [1.165, 1.54) is 0 Å². The summed E-state index contributed by atoms with van der Waals surface area (Å²) in [5, 5.41) is 4.42. The van der Waals surface area contributed by atoms with Gasteiger partial charge in [0.25, 0.3) is 5.56 Å². The van der Waals surface area contributed by atoms with Gasteiger partial charge in [0.2, 0.25) is 5.95 Å². The first-order chi connectivity index (χ1) is 13.8. The minimum Gasteiger partial charge on any atom is -0.338 e. The number of hydrogen-bond donors (Lipinski definition) is 1. The number of piperazine rings is 1. The molecule has 1 atom stereocenters. The normalized spacial score (nSPS) is 17.4. The van der Waals surface area contributed by atoms with E-state index in [1.54, 1.807) is 30.1 Å². The van der Waals surface area contributed by atoms with Gasteiger partial charge in [0, 0.05) is 54.7 Å². The Morgan fingerprint density at radius 1 is 1.10 bits per heavy atom. The summed E-state index contributed by atoms with van der Waals surface area (Å²) >= 11 is 6.06. The van der Waals surface area contributed by atoms with Crippen molar-refractivity contribution >= 4 is 42.4 Å². The molecule has 1 unspecified atom stereocenters. The number of hydrogen-bond acceptors (Lipinski definition) is 5. The number of anilines is 1. The van der Waals surface area contributed by atoms with Crippen LogP contribution in [-0.2, 0) is 7.05 Å². The van der Waals surface area contributed by atoms with Gasteiger partial charge in [-0.2, -0.15) is 0 Å². The maximum Gasteiger partial charge on any atom is 0.255 e. The lowest BCUT2D eigenvalue weighted by molar-refractivity contribution is 0.289. The second-order valence-corrected chi connectivity index (χ2v) is 8.52. The summed E-state index contributed by atoms with van der Waals surface area (Å²) in [4.78, 5) is 23.8. The van der Waals surface area contributed by atoms with Crippen LogP contribution in [0.2, 0.25) is 5.02 Å². The van der Waals surface area contributed by atoms with Crippen molar-refractivity contribution in [3.8, 4) is 11.3 Å². The standard InChI is InChI=1S/C22H24ClN5O.2ClH/c1-22(2)14-28(13-19(26-22)15-4-6-17(23)7-5-15)21-25-18(12-20(29)27(21)3)16-8-10-24-11-9-16;;/h4-12,19,26H,13-14H2,1-3H3;2*1H. The molecule has 4 rings (SSSR count). The van der Waals surface area contributed by atoms with Crippen molar-refractivity contribution < 1.29 is 0 Å². The van der Waals surface area contributed by atoms with Gasteiger partial charge in [0.1, 0.15) is 0 Å². The van der Waals surface area contributed by atoms with E-state index in [9.17, 15) is 4.79 Å². The molecule has 6 nitrogen and oxygen atoms in total. The lowest BCUT2D eigenvalue weighted by atomic mass is 9.95. The molecule has 1 N–H and O–H groups in total. The monoisotopic (exact) mass is 481 g/mol. The average molecular weight is 483 g/mol. The van der Waals surface area contributed by atoms with E-state index in [1.807, 2.05) is 36.4 Å². The van der Waals surface area contributed by atoms with Crippen LogP contribution in [0.5, 0.6) is 0 Å². The molecule has 0 amide bonds. The quantitative estimate of drug-likeness (QED) is 0.604. The number of halogens is 3. The predicted molar refractivity (Wildman–Crippen MR) is 131 cm³/mol. The summed E-state index contributed by atoms with van der Waals surface area (Å²) in [7, 11) is 1.77. The van der Waals surface area contributed by atoms with E-state index in [0.29, 0.717) is 18.2 Å². The fourth-order valence-electron chi connectivity index (χ4n) is 3.84. The highest BCUT2D eigenvalue weighted by molar-refractivity contribution is 6.30. The Morgan fingerprint density at radius 2 is 1.74 bits per heavy atom. The van der Waals surface area contributed by atoms with Gasteiger partial charge in [-0.3, -0.25) is 14.3 Å². The second-order valence-electron chi connectivity index (χ2n) is 8.09. The van der Waals surface area contributed by atoms with Gasteiger partial charge in [0.05, 0.1) is 11.7 Å². The SMILES string of the molecule is Cl.Cl.Cn1c(N2CC(c3ccc(Cl)cc3)NC(C)(C)C2)nc(-c2ccncc2)cc1=O. The molecule has 1 aliphatic heterocycles. The van der Waals surface area contributed by atoms with E-state index in [2.05, 4.69) is 29.0 Å². The molecule has 166 valence electrons. The Kier molecular flexibility index (Phi) is 8.11. The Labute approximate surface area is 199 Å². The lowest BCUT2D eigenvalue weighted by Crippen LogP contribution is -2.59. The average Bonchev–Trinajstić information content (AvgIpc) is 2.70. The van der Waals surface area contributed by atoms with E-state index < -0.39 is 0 Å². The van der Waals surface area contributed by atoms with Crippen LogP contribution >= 0.6 is 36.4 Å². The largest absolute Gasteiger partial charge is 0.338 e. The van der Waals surface area contributed by atoms with Crippen LogP contribution in [0.25, 0.3) is 11.3 Å². The van der Waals surface area contributed by atoms with Crippen LogP contribution in [0.4, 0.5) is 5.95 Å². The minimum atomic E-state index is -0.160. The Hall–Kier alpha value is -2.12. The lowest BCUT2D eigenvalue weighted by Gasteiger charge is -2.44. The van der Waals surface area contributed by atoms with Crippen LogP contribution in [-0.4, -0.2) is 33.2 Å². The molecule has 9 heteroatoms. The number of nitrogens with one attached hydrogen (secondary N) is 1. The Balaban J connectivity index is 0.00000171. The van der Waals surface area contributed by atoms with Crippen LogP contribution < -0.4 is 15.8 Å². The zero-order valence-electron chi connectivity index (χ0n) is 17.6. The van der Waals surface area contributed by atoms with Crippen molar-refractivity contribution in [1.82, 2.24) is 19.9 Å². The number of pyridine rings is 1. The Bertz CT molecular complexity index is 1070. The van der Waals surface area contributed by atoms with Crippen molar-refractivity contribution in [3.63, 3.8) is 0 Å². The van der Waals surface area contributed by atoms with Gasteiger partial charge < -0.3 is 10.2 Å². The van der Waals surface area contributed by atoms with E-state index >= 15 is 0 Å². The highest BCUT2D eigenvalue weighted by Gasteiger charge is 2.34. The van der Waals surface area contributed by atoms with E-state index in [0.717, 1.165) is 22.7 Å². The summed E-state index contributed by atoms with van der Waals surface area (Å²) in [6, 6.07) is 13.3. The fourth-order valence-corrected chi connectivity index (χ4v) is 3.97. The van der Waals surface area contributed by atoms with Crippen LogP contribution in [0.3, 0.4) is 0 Å². The first kappa shape index (κ1) is 25.1. The molecular formula is C22H26Cl3N5O. The molecule has 0 radical (unpaired) electrons. The van der Waals surface area contributed by atoms with Gasteiger partial charge in [-0.1, -0.05) is 23.7 Å². The minimum absolute atomic E-state index is 0. The molecule has 0 bridgehead atoms. The zero-order valence-corrected chi connectivity index (χ0v) is 20.0. The zero-order chi connectivity index (χ0) is 20.6. The molecule has 1 fully saturated rings. The summed E-state index contributed by atoms with van der Waals surface area (Å²) in [5.41, 5.74) is 2.45. The molecular weight excluding hydrogens is 457 g/mol. The summed E-state index contributed by atoms with van der Waals surface area (Å²) in [6.07, 6.45) is 3.41. The third-order valence-corrected chi connectivity index (χ3v) is 5.45. The van der Waals surface area contributed by atoms with E-state index in [-0.39, 0.29) is 42.0 Å². The van der Waals surface area contributed by atoms with Crippen molar-refractivity contribution in [3.05, 3.63) is 75.8 Å². The summed E-state index contributed by atoms with van der Waals surface area (Å²) < 4.78 is 1.62. The van der Waals surface area contributed by atoms with Crippen molar-refractivity contribution in [1.29, 1.82) is 0 Å². The van der Waals surface area contributed by atoms with Crippen LogP contribution in [0, 0.1) is 0 Å². The van der Waals surface area contributed by atoms with Gasteiger partial charge >= 0.3 is 0 Å². The van der Waals surface area contributed by atoms with Crippen LogP contribution in [0.1, 0.15) is 25.5 Å². The Morgan fingerprint density at radius 3 is 2.39 bits per heavy atom. The van der Waals surface area contributed by atoms with Gasteiger partial charge in [-0.25, -0.2) is 4.98 Å². The van der Waals surface area contributed by atoms with Crippen molar-refractivity contribution in [2.75, 3.05) is 18.0 Å². The molecule has 1 aliphatic rings. The number of rotatable bonds is 3. The van der Waals surface area contributed by atoms with Gasteiger partial charge in [-0.05, 0) is 43.7 Å². The molecule has 3 aromatic rings.